The lowest BCUT2D eigenvalue weighted by Crippen LogP contribution is -2.28. The molecule has 0 aromatic heterocycles. The molecular formula is C19H18Cl2N2O3. The molecule has 0 aliphatic carbocycles. The first-order valence-electron chi connectivity index (χ1n) is 8.28. The number of benzene rings is 2. The molecule has 1 atom stereocenters. The van der Waals surface area contributed by atoms with Crippen molar-refractivity contribution in [1.82, 2.24) is 0 Å². The minimum Gasteiger partial charge on any atom is -0.492 e. The highest BCUT2D eigenvalue weighted by Gasteiger charge is 2.36. The highest BCUT2D eigenvalue weighted by Crippen LogP contribution is 2.34. The van der Waals surface area contributed by atoms with Crippen molar-refractivity contribution < 1.29 is 14.3 Å². The van der Waals surface area contributed by atoms with Crippen LogP contribution < -0.4 is 15.0 Å². The maximum Gasteiger partial charge on any atom is 0.229 e. The molecule has 2 aromatic rings. The van der Waals surface area contributed by atoms with Crippen LogP contribution in [0.2, 0.25) is 10.0 Å². The lowest BCUT2D eigenvalue weighted by Gasteiger charge is -2.20. The van der Waals surface area contributed by atoms with E-state index in [4.69, 9.17) is 27.9 Å². The summed E-state index contributed by atoms with van der Waals surface area (Å²) in [6, 6.07) is 12.3. The minimum absolute atomic E-state index is 0.116. The molecule has 1 N–H and O–H groups in total. The fourth-order valence-electron chi connectivity index (χ4n) is 2.91. The Balaban J connectivity index is 1.75. The van der Waals surface area contributed by atoms with Gasteiger partial charge in [0.05, 0.1) is 33.9 Å². The van der Waals surface area contributed by atoms with Gasteiger partial charge in [-0.1, -0.05) is 41.4 Å². The molecule has 3 rings (SSSR count). The van der Waals surface area contributed by atoms with Gasteiger partial charge in [0.25, 0.3) is 0 Å². The molecule has 1 heterocycles. The van der Waals surface area contributed by atoms with Crippen molar-refractivity contribution in [1.29, 1.82) is 0 Å². The number of rotatable bonds is 5. The zero-order valence-corrected chi connectivity index (χ0v) is 15.7. The molecule has 26 heavy (non-hydrogen) atoms. The number of amides is 2. The summed E-state index contributed by atoms with van der Waals surface area (Å²) >= 11 is 12.1. The van der Waals surface area contributed by atoms with Gasteiger partial charge in [0.2, 0.25) is 11.8 Å². The molecule has 1 saturated heterocycles. The molecule has 5 nitrogen and oxygen atoms in total. The van der Waals surface area contributed by atoms with Crippen LogP contribution in [0.1, 0.15) is 13.3 Å². The number of halogens is 2. The number of nitrogens with one attached hydrogen (secondary N) is 1. The van der Waals surface area contributed by atoms with E-state index in [1.807, 2.05) is 31.2 Å². The van der Waals surface area contributed by atoms with E-state index in [1.54, 1.807) is 23.1 Å². The Bertz CT molecular complexity index is 841. The monoisotopic (exact) mass is 392 g/mol. The molecule has 1 aliphatic rings. The number of hydrogen-bond donors (Lipinski definition) is 1. The second kappa shape index (κ2) is 7.98. The van der Waals surface area contributed by atoms with E-state index in [0.29, 0.717) is 28.8 Å². The Morgan fingerprint density at radius 3 is 2.77 bits per heavy atom. The summed E-state index contributed by atoms with van der Waals surface area (Å²) in [5, 5.41) is 3.40. The van der Waals surface area contributed by atoms with Crippen LogP contribution in [0.25, 0.3) is 0 Å². The van der Waals surface area contributed by atoms with Gasteiger partial charge in [-0.05, 0) is 31.2 Å². The highest BCUT2D eigenvalue weighted by atomic mass is 35.5. The van der Waals surface area contributed by atoms with Crippen LogP contribution in [0.3, 0.4) is 0 Å². The van der Waals surface area contributed by atoms with Crippen molar-refractivity contribution in [2.75, 3.05) is 23.4 Å². The second-order valence-corrected chi connectivity index (χ2v) is 6.68. The zero-order valence-electron chi connectivity index (χ0n) is 14.2. The molecule has 1 fully saturated rings. The maximum absolute atomic E-state index is 12.6. The normalized spacial score (nSPS) is 16.7. The molecule has 0 spiro atoms. The molecule has 2 aromatic carbocycles. The first-order chi connectivity index (χ1) is 12.5. The summed E-state index contributed by atoms with van der Waals surface area (Å²) in [6.45, 7) is 2.66. The van der Waals surface area contributed by atoms with Crippen molar-refractivity contribution in [2.45, 2.75) is 13.3 Å². The van der Waals surface area contributed by atoms with Gasteiger partial charge in [-0.25, -0.2) is 0 Å². The molecule has 2 amide bonds. The van der Waals surface area contributed by atoms with Gasteiger partial charge in [0, 0.05) is 13.0 Å². The Morgan fingerprint density at radius 2 is 2.00 bits per heavy atom. The topological polar surface area (TPSA) is 58.6 Å². The maximum atomic E-state index is 12.6. The summed E-state index contributed by atoms with van der Waals surface area (Å²) < 4.78 is 5.59. The van der Waals surface area contributed by atoms with E-state index < -0.39 is 5.92 Å². The molecule has 1 aliphatic heterocycles. The molecule has 7 heteroatoms. The van der Waals surface area contributed by atoms with Crippen LogP contribution in [-0.4, -0.2) is 25.0 Å². The molecule has 0 bridgehead atoms. The lowest BCUT2D eigenvalue weighted by molar-refractivity contribution is -0.122. The van der Waals surface area contributed by atoms with Gasteiger partial charge in [0.1, 0.15) is 5.75 Å². The van der Waals surface area contributed by atoms with Gasteiger partial charge in [-0.15, -0.1) is 0 Å². The Kier molecular flexibility index (Phi) is 5.69. The second-order valence-electron chi connectivity index (χ2n) is 5.90. The van der Waals surface area contributed by atoms with Gasteiger partial charge in [-0.3, -0.25) is 9.59 Å². The van der Waals surface area contributed by atoms with E-state index in [2.05, 4.69) is 5.32 Å². The van der Waals surface area contributed by atoms with Crippen LogP contribution >= 0.6 is 23.2 Å². The number of carbonyl (C=O) groups excluding carboxylic acids is 2. The number of nitrogens with zero attached hydrogens (tertiary/aromatic N) is 1. The molecule has 0 saturated carbocycles. The number of carbonyl (C=O) groups is 2. The fourth-order valence-corrected chi connectivity index (χ4v) is 3.26. The lowest BCUT2D eigenvalue weighted by atomic mass is 10.1. The van der Waals surface area contributed by atoms with Crippen molar-refractivity contribution >= 4 is 46.4 Å². The summed E-state index contributed by atoms with van der Waals surface area (Å²) in [6.07, 6.45) is 0.129. The third kappa shape index (κ3) is 3.79. The van der Waals surface area contributed by atoms with E-state index in [-0.39, 0.29) is 29.8 Å². The van der Waals surface area contributed by atoms with E-state index in [1.165, 1.54) is 0 Å². The molecule has 0 unspecified atom stereocenters. The van der Waals surface area contributed by atoms with E-state index in [0.717, 1.165) is 0 Å². The van der Waals surface area contributed by atoms with Gasteiger partial charge in [-0.2, -0.15) is 0 Å². The first-order valence-corrected chi connectivity index (χ1v) is 9.04. The van der Waals surface area contributed by atoms with Gasteiger partial charge in [0.15, 0.2) is 0 Å². The summed E-state index contributed by atoms with van der Waals surface area (Å²) in [7, 11) is 0. The SMILES string of the molecule is CCOc1ccccc1N1C[C@@H](C(=O)Nc2cccc(Cl)c2Cl)CC1=O. The van der Waals surface area contributed by atoms with Crippen LogP contribution in [0.4, 0.5) is 11.4 Å². The average molecular weight is 393 g/mol. The number of hydrogen-bond acceptors (Lipinski definition) is 3. The molecule has 0 radical (unpaired) electrons. The van der Waals surface area contributed by atoms with Gasteiger partial charge < -0.3 is 15.0 Å². The summed E-state index contributed by atoms with van der Waals surface area (Å²) in [5.41, 5.74) is 1.11. The quantitative estimate of drug-likeness (QED) is 0.820. The third-order valence-corrected chi connectivity index (χ3v) is 4.98. The first kappa shape index (κ1) is 18.5. The number of anilines is 2. The Hall–Kier alpha value is -2.24. The molecule has 136 valence electrons. The number of para-hydroxylation sites is 2. The predicted octanol–water partition coefficient (Wildman–Crippen LogP) is 4.38. The van der Waals surface area contributed by atoms with Crippen molar-refractivity contribution in [3.05, 3.63) is 52.5 Å². The van der Waals surface area contributed by atoms with Crippen LogP contribution in [0, 0.1) is 5.92 Å². The highest BCUT2D eigenvalue weighted by molar-refractivity contribution is 6.44. The van der Waals surface area contributed by atoms with Crippen LogP contribution in [-0.2, 0) is 9.59 Å². The van der Waals surface area contributed by atoms with Crippen LogP contribution in [0.15, 0.2) is 42.5 Å². The predicted molar refractivity (Wildman–Crippen MR) is 103 cm³/mol. The number of ether oxygens (including phenoxy) is 1. The average Bonchev–Trinajstić information content (AvgIpc) is 3.01. The van der Waals surface area contributed by atoms with E-state index in [9.17, 15) is 9.59 Å². The van der Waals surface area contributed by atoms with Crippen molar-refractivity contribution in [2.24, 2.45) is 5.92 Å². The summed E-state index contributed by atoms with van der Waals surface area (Å²) in [5.74, 6) is -0.233. The standard InChI is InChI=1S/C19H18Cl2N2O3/c1-2-26-16-9-4-3-8-15(16)23-11-12(10-17(23)24)19(25)22-14-7-5-6-13(20)18(14)21/h3-9,12H,2,10-11H2,1H3,(H,22,25)/t12-/m0/s1. The van der Waals surface area contributed by atoms with Crippen molar-refractivity contribution in [3.8, 4) is 5.75 Å². The summed E-state index contributed by atoms with van der Waals surface area (Å²) in [4.78, 5) is 26.6. The largest absolute Gasteiger partial charge is 0.492 e. The van der Waals surface area contributed by atoms with Crippen LogP contribution in [0.5, 0.6) is 5.75 Å². The van der Waals surface area contributed by atoms with Crippen molar-refractivity contribution in [3.63, 3.8) is 0 Å². The third-order valence-electron chi connectivity index (χ3n) is 4.16. The smallest absolute Gasteiger partial charge is 0.229 e. The Labute approximate surface area is 161 Å². The van der Waals surface area contributed by atoms with E-state index >= 15 is 0 Å². The fraction of sp³-hybridized carbons (Fsp3) is 0.263. The van der Waals surface area contributed by atoms with Gasteiger partial charge >= 0.3 is 0 Å². The molecular weight excluding hydrogens is 375 g/mol. The zero-order chi connectivity index (χ0) is 18.7. The Morgan fingerprint density at radius 1 is 1.23 bits per heavy atom. The minimum atomic E-state index is -0.479.